The maximum atomic E-state index is 13.6. The fraction of sp³-hybridized carbons (Fsp3) is 0.417. The van der Waals surface area contributed by atoms with Gasteiger partial charge in [0, 0.05) is 19.8 Å². The van der Waals surface area contributed by atoms with Crippen LogP contribution in [0.2, 0.25) is 0 Å². The number of carbonyl (C=O) groups is 2. The molecule has 0 bridgehead atoms. The fourth-order valence-corrected chi connectivity index (χ4v) is 4.50. The largest absolute Gasteiger partial charge is 0.497 e. The molecule has 2 heterocycles. The van der Waals surface area contributed by atoms with Crippen molar-refractivity contribution in [2.24, 2.45) is 5.92 Å². The van der Waals surface area contributed by atoms with Crippen LogP contribution in [0.15, 0.2) is 42.5 Å². The van der Waals surface area contributed by atoms with E-state index >= 15 is 0 Å². The van der Waals surface area contributed by atoms with Crippen molar-refractivity contribution in [3.63, 3.8) is 0 Å². The van der Waals surface area contributed by atoms with E-state index in [1.807, 2.05) is 19.1 Å². The van der Waals surface area contributed by atoms with Gasteiger partial charge >= 0.3 is 5.97 Å². The standard InChI is InChI=1S/C24H27NO7/c1-3-30-12-4-11-25-22(15-5-8-17(29-2)9-6-15)21(24(27)28)20(23(25)26)16-7-10-18-19(13-16)32-14-31-18/h5-10,13,20-22H,3-4,11-12,14H2,1-2H3,(H,27,28)/t20-,21-,22+/m1/s1. The molecule has 0 aromatic heterocycles. The topological polar surface area (TPSA) is 94.5 Å². The molecule has 0 radical (unpaired) electrons. The number of rotatable bonds is 9. The van der Waals surface area contributed by atoms with Crippen molar-refractivity contribution >= 4 is 11.9 Å². The average Bonchev–Trinajstić information content (AvgIpc) is 3.38. The minimum Gasteiger partial charge on any atom is -0.497 e. The van der Waals surface area contributed by atoms with E-state index in [0.29, 0.717) is 49.0 Å². The predicted octanol–water partition coefficient (Wildman–Crippen LogP) is 3.22. The lowest BCUT2D eigenvalue weighted by Gasteiger charge is -2.27. The second-order valence-corrected chi connectivity index (χ2v) is 7.75. The van der Waals surface area contributed by atoms with E-state index in [2.05, 4.69) is 0 Å². The quantitative estimate of drug-likeness (QED) is 0.597. The molecule has 1 amide bonds. The molecule has 1 saturated heterocycles. The minimum absolute atomic E-state index is 0.109. The van der Waals surface area contributed by atoms with E-state index < -0.39 is 23.8 Å². The van der Waals surface area contributed by atoms with E-state index in [1.54, 1.807) is 42.3 Å². The highest BCUT2D eigenvalue weighted by atomic mass is 16.7. The van der Waals surface area contributed by atoms with Gasteiger partial charge in [0.05, 0.1) is 25.0 Å². The Kier molecular flexibility index (Phi) is 6.50. The number of methoxy groups -OCH3 is 1. The minimum atomic E-state index is -1.02. The number of likely N-dealkylation sites (tertiary alicyclic amines) is 1. The highest BCUT2D eigenvalue weighted by molar-refractivity contribution is 5.94. The van der Waals surface area contributed by atoms with E-state index in [1.165, 1.54) is 0 Å². The Labute approximate surface area is 186 Å². The monoisotopic (exact) mass is 441 g/mol. The first-order valence-electron chi connectivity index (χ1n) is 10.7. The van der Waals surface area contributed by atoms with Crippen LogP contribution in [0.3, 0.4) is 0 Å². The van der Waals surface area contributed by atoms with Crippen LogP contribution in [0.1, 0.15) is 36.4 Å². The molecule has 2 aliphatic heterocycles. The lowest BCUT2D eigenvalue weighted by molar-refractivity contribution is -0.143. The molecule has 2 aliphatic rings. The van der Waals surface area contributed by atoms with E-state index in [4.69, 9.17) is 18.9 Å². The van der Waals surface area contributed by atoms with Crippen molar-refractivity contribution in [2.45, 2.75) is 25.3 Å². The van der Waals surface area contributed by atoms with E-state index in [-0.39, 0.29) is 12.7 Å². The van der Waals surface area contributed by atoms with Crippen LogP contribution in [-0.2, 0) is 14.3 Å². The maximum absolute atomic E-state index is 13.6. The molecule has 8 nitrogen and oxygen atoms in total. The maximum Gasteiger partial charge on any atom is 0.310 e. The molecule has 0 spiro atoms. The van der Waals surface area contributed by atoms with Gasteiger partial charge in [-0.3, -0.25) is 9.59 Å². The van der Waals surface area contributed by atoms with Crippen molar-refractivity contribution in [1.82, 2.24) is 4.90 Å². The molecule has 1 fully saturated rings. The first-order chi connectivity index (χ1) is 15.5. The van der Waals surface area contributed by atoms with Crippen molar-refractivity contribution in [3.05, 3.63) is 53.6 Å². The summed E-state index contributed by atoms with van der Waals surface area (Å²) in [4.78, 5) is 27.8. The number of aliphatic carboxylic acids is 1. The smallest absolute Gasteiger partial charge is 0.310 e. The normalized spacial score (nSPS) is 21.8. The number of carbonyl (C=O) groups excluding carboxylic acids is 1. The summed E-state index contributed by atoms with van der Waals surface area (Å²) < 4.78 is 21.5. The molecule has 0 unspecified atom stereocenters. The van der Waals surface area contributed by atoms with Gasteiger partial charge in [0.1, 0.15) is 5.75 Å². The summed E-state index contributed by atoms with van der Waals surface area (Å²) in [7, 11) is 1.57. The number of nitrogens with zero attached hydrogens (tertiary/aromatic N) is 1. The number of fused-ring (bicyclic) bond motifs is 1. The first-order valence-corrected chi connectivity index (χ1v) is 10.7. The van der Waals surface area contributed by atoms with Crippen molar-refractivity contribution < 1.29 is 33.6 Å². The predicted molar refractivity (Wildman–Crippen MR) is 115 cm³/mol. The Morgan fingerprint density at radius 2 is 1.84 bits per heavy atom. The van der Waals surface area contributed by atoms with Gasteiger partial charge in [-0.2, -0.15) is 0 Å². The van der Waals surface area contributed by atoms with Gasteiger partial charge in [-0.05, 0) is 48.7 Å². The van der Waals surface area contributed by atoms with Crippen molar-refractivity contribution in [3.8, 4) is 17.2 Å². The van der Waals surface area contributed by atoms with Crippen molar-refractivity contribution in [2.75, 3.05) is 33.7 Å². The zero-order valence-electron chi connectivity index (χ0n) is 18.2. The Balaban J connectivity index is 1.72. The molecule has 32 heavy (non-hydrogen) atoms. The number of hydrogen-bond acceptors (Lipinski definition) is 6. The second-order valence-electron chi connectivity index (χ2n) is 7.75. The van der Waals surface area contributed by atoms with Crippen LogP contribution < -0.4 is 14.2 Å². The van der Waals surface area contributed by atoms with E-state index in [9.17, 15) is 14.7 Å². The third-order valence-corrected chi connectivity index (χ3v) is 5.97. The summed E-state index contributed by atoms with van der Waals surface area (Å²) in [6.07, 6.45) is 0.617. The number of carboxylic acid groups (broad SMARTS) is 1. The molecule has 2 aromatic rings. The molecule has 3 atom stereocenters. The Morgan fingerprint density at radius 3 is 2.53 bits per heavy atom. The lowest BCUT2D eigenvalue weighted by atomic mass is 9.82. The molecule has 1 N–H and O–H groups in total. The molecule has 170 valence electrons. The lowest BCUT2D eigenvalue weighted by Crippen LogP contribution is -2.32. The van der Waals surface area contributed by atoms with Gasteiger partial charge in [0.2, 0.25) is 12.7 Å². The zero-order chi connectivity index (χ0) is 22.7. The Morgan fingerprint density at radius 1 is 1.12 bits per heavy atom. The SMILES string of the molecule is CCOCCCN1C(=O)[C@H](c2ccc3c(c2)OCO3)[C@@H](C(=O)O)[C@@H]1c1ccc(OC)cc1. The molecular weight excluding hydrogens is 414 g/mol. The Bertz CT molecular complexity index is 975. The highest BCUT2D eigenvalue weighted by Gasteiger charge is 2.52. The van der Waals surface area contributed by atoms with Crippen molar-refractivity contribution in [1.29, 1.82) is 0 Å². The van der Waals surface area contributed by atoms with Gasteiger partial charge in [0.25, 0.3) is 0 Å². The summed E-state index contributed by atoms with van der Waals surface area (Å²) >= 11 is 0. The summed E-state index contributed by atoms with van der Waals surface area (Å²) in [5.74, 6) is -1.24. The van der Waals surface area contributed by atoms with Gasteiger partial charge in [-0.25, -0.2) is 0 Å². The van der Waals surface area contributed by atoms with E-state index in [0.717, 1.165) is 5.56 Å². The van der Waals surface area contributed by atoms with Crippen LogP contribution in [0.4, 0.5) is 0 Å². The third kappa shape index (κ3) is 4.10. The van der Waals surface area contributed by atoms with Crippen LogP contribution in [0.5, 0.6) is 17.2 Å². The summed E-state index contributed by atoms with van der Waals surface area (Å²) in [6.45, 7) is 3.52. The highest BCUT2D eigenvalue weighted by Crippen LogP contribution is 2.48. The number of hydrogen-bond donors (Lipinski definition) is 1. The summed E-state index contributed by atoms with van der Waals surface area (Å²) in [5.41, 5.74) is 1.36. The molecular formula is C24H27NO7. The zero-order valence-corrected chi connectivity index (χ0v) is 18.2. The van der Waals surface area contributed by atoms with Gasteiger partial charge < -0.3 is 29.0 Å². The van der Waals surface area contributed by atoms with Crippen LogP contribution in [0, 0.1) is 5.92 Å². The average molecular weight is 441 g/mol. The van der Waals surface area contributed by atoms with Gasteiger partial charge in [0.15, 0.2) is 11.5 Å². The fourth-order valence-electron chi connectivity index (χ4n) is 4.50. The number of benzene rings is 2. The number of ether oxygens (including phenoxy) is 4. The van der Waals surface area contributed by atoms with Crippen LogP contribution in [-0.4, -0.2) is 55.5 Å². The molecule has 8 heteroatoms. The third-order valence-electron chi connectivity index (χ3n) is 5.97. The van der Waals surface area contributed by atoms with Crippen LogP contribution >= 0.6 is 0 Å². The van der Waals surface area contributed by atoms with Gasteiger partial charge in [-0.1, -0.05) is 18.2 Å². The number of carboxylic acids is 1. The Hall–Kier alpha value is -3.26. The van der Waals surface area contributed by atoms with Gasteiger partial charge in [-0.15, -0.1) is 0 Å². The first kappa shape index (κ1) is 22.0. The second kappa shape index (κ2) is 9.48. The molecule has 0 saturated carbocycles. The summed E-state index contributed by atoms with van der Waals surface area (Å²) in [6, 6.07) is 11.8. The molecule has 0 aliphatic carbocycles. The number of amides is 1. The summed E-state index contributed by atoms with van der Waals surface area (Å²) in [5, 5.41) is 10.2. The molecule has 4 rings (SSSR count). The van der Waals surface area contributed by atoms with Crippen LogP contribution in [0.25, 0.3) is 0 Å². The molecule has 2 aromatic carbocycles.